The Morgan fingerprint density at radius 2 is 2.00 bits per heavy atom. The Bertz CT molecular complexity index is 363. The van der Waals surface area contributed by atoms with Gasteiger partial charge in [-0.05, 0) is 36.6 Å². The van der Waals surface area contributed by atoms with Crippen molar-refractivity contribution in [2.45, 2.75) is 25.4 Å². The third kappa shape index (κ3) is 2.88. The van der Waals surface area contributed by atoms with E-state index < -0.39 is 11.7 Å². The number of benzene rings is 1. The van der Waals surface area contributed by atoms with Gasteiger partial charge in [-0.2, -0.15) is 13.2 Å². The zero-order valence-corrected chi connectivity index (χ0v) is 8.88. The number of rotatable bonds is 3. The Morgan fingerprint density at radius 3 is 2.50 bits per heavy atom. The largest absolute Gasteiger partial charge is 0.508 e. The average molecular weight is 233 g/mol. The van der Waals surface area contributed by atoms with Crippen LogP contribution in [0.5, 0.6) is 5.75 Å². The van der Waals surface area contributed by atoms with Crippen molar-refractivity contribution < 1.29 is 18.3 Å². The summed E-state index contributed by atoms with van der Waals surface area (Å²) in [7, 11) is 0. The van der Waals surface area contributed by atoms with Crippen LogP contribution >= 0.6 is 0 Å². The van der Waals surface area contributed by atoms with Crippen LogP contribution in [0.1, 0.15) is 30.4 Å². The van der Waals surface area contributed by atoms with Crippen LogP contribution in [0.2, 0.25) is 0 Å². The number of nitrogens with two attached hydrogens (primary N) is 1. The van der Waals surface area contributed by atoms with E-state index in [9.17, 15) is 13.2 Å². The Morgan fingerprint density at radius 1 is 1.38 bits per heavy atom. The first-order valence-electron chi connectivity index (χ1n) is 4.96. The maximum Gasteiger partial charge on any atom is 0.416 e. The molecule has 0 aromatic heterocycles. The molecule has 90 valence electrons. The van der Waals surface area contributed by atoms with Gasteiger partial charge in [-0.15, -0.1) is 0 Å². The summed E-state index contributed by atoms with van der Waals surface area (Å²) in [5.74, 6) is -0.654. The number of hydrogen-bond donors (Lipinski definition) is 2. The Hall–Kier alpha value is -1.23. The van der Waals surface area contributed by atoms with Crippen molar-refractivity contribution in [3.63, 3.8) is 0 Å². The molecule has 1 unspecified atom stereocenters. The second-order valence-electron chi connectivity index (χ2n) is 3.75. The van der Waals surface area contributed by atoms with Gasteiger partial charge in [0.1, 0.15) is 5.75 Å². The third-order valence-electron chi connectivity index (χ3n) is 2.47. The van der Waals surface area contributed by atoms with E-state index in [1.807, 2.05) is 0 Å². The van der Waals surface area contributed by atoms with E-state index in [0.29, 0.717) is 13.0 Å². The number of phenols is 1. The van der Waals surface area contributed by atoms with E-state index in [-0.39, 0.29) is 17.2 Å². The molecule has 0 aliphatic rings. The van der Waals surface area contributed by atoms with E-state index in [2.05, 4.69) is 0 Å². The third-order valence-corrected chi connectivity index (χ3v) is 2.47. The van der Waals surface area contributed by atoms with Crippen molar-refractivity contribution in [3.05, 3.63) is 29.3 Å². The number of hydrogen-bond acceptors (Lipinski definition) is 2. The van der Waals surface area contributed by atoms with E-state index in [0.717, 1.165) is 6.07 Å². The molecule has 0 bridgehead atoms. The number of phenolic OH excluding ortho intramolecular Hbond substituents is 1. The molecule has 0 heterocycles. The maximum absolute atomic E-state index is 12.7. The summed E-state index contributed by atoms with van der Waals surface area (Å²) in [4.78, 5) is 0. The van der Waals surface area contributed by atoms with Crippen molar-refractivity contribution in [1.29, 1.82) is 0 Å². The minimum Gasteiger partial charge on any atom is -0.508 e. The topological polar surface area (TPSA) is 46.2 Å². The van der Waals surface area contributed by atoms with Gasteiger partial charge >= 0.3 is 6.18 Å². The van der Waals surface area contributed by atoms with E-state index in [1.54, 1.807) is 6.92 Å². The summed E-state index contributed by atoms with van der Waals surface area (Å²) >= 11 is 0. The smallest absolute Gasteiger partial charge is 0.416 e. The molecule has 1 rings (SSSR count). The molecule has 0 amide bonds. The van der Waals surface area contributed by atoms with E-state index >= 15 is 0 Å². The van der Waals surface area contributed by atoms with Crippen LogP contribution in [0.4, 0.5) is 13.2 Å². The van der Waals surface area contributed by atoms with Crippen LogP contribution < -0.4 is 5.73 Å². The van der Waals surface area contributed by atoms with Gasteiger partial charge in [0.15, 0.2) is 0 Å². The first-order chi connectivity index (χ1) is 7.36. The Labute approximate surface area is 91.9 Å². The van der Waals surface area contributed by atoms with E-state index in [1.165, 1.54) is 12.1 Å². The summed E-state index contributed by atoms with van der Waals surface area (Å²) in [5, 5.41) is 9.09. The first-order valence-corrected chi connectivity index (χ1v) is 4.96. The predicted octanol–water partition coefficient (Wildman–Crippen LogP) is 2.86. The van der Waals surface area contributed by atoms with Crippen molar-refractivity contribution in [1.82, 2.24) is 0 Å². The van der Waals surface area contributed by atoms with Gasteiger partial charge in [-0.3, -0.25) is 0 Å². The summed E-state index contributed by atoms with van der Waals surface area (Å²) in [6.45, 7) is 2.02. The van der Waals surface area contributed by atoms with Crippen molar-refractivity contribution in [2.75, 3.05) is 6.54 Å². The van der Waals surface area contributed by atoms with Crippen LogP contribution in [-0.4, -0.2) is 11.7 Å². The van der Waals surface area contributed by atoms with Crippen LogP contribution in [0.3, 0.4) is 0 Å². The highest BCUT2D eigenvalue weighted by molar-refractivity contribution is 5.38. The van der Waals surface area contributed by atoms with Crippen LogP contribution in [-0.2, 0) is 6.18 Å². The Kier molecular flexibility index (Phi) is 3.80. The molecule has 0 aliphatic heterocycles. The normalized spacial score (nSPS) is 13.8. The zero-order chi connectivity index (χ0) is 12.3. The fourth-order valence-electron chi connectivity index (χ4n) is 1.62. The average Bonchev–Trinajstić information content (AvgIpc) is 2.16. The quantitative estimate of drug-likeness (QED) is 0.843. The van der Waals surface area contributed by atoms with Crippen molar-refractivity contribution in [3.8, 4) is 5.75 Å². The zero-order valence-electron chi connectivity index (χ0n) is 8.88. The highest BCUT2D eigenvalue weighted by atomic mass is 19.4. The first kappa shape index (κ1) is 12.8. The standard InChI is InChI=1S/C11H14F3NO/c1-7(4-5-15)9-3-2-8(16)6-10(9)11(12,13)14/h2-3,6-7,16H,4-5,15H2,1H3. The molecule has 16 heavy (non-hydrogen) atoms. The lowest BCUT2D eigenvalue weighted by Crippen LogP contribution is -2.13. The summed E-state index contributed by atoms with van der Waals surface area (Å²) in [5.41, 5.74) is 4.72. The second-order valence-corrected chi connectivity index (χ2v) is 3.75. The number of alkyl halides is 3. The minimum atomic E-state index is -4.45. The van der Waals surface area contributed by atoms with Crippen LogP contribution in [0.15, 0.2) is 18.2 Å². The summed E-state index contributed by atoms with van der Waals surface area (Å²) < 4.78 is 38.1. The minimum absolute atomic E-state index is 0.177. The molecule has 5 heteroatoms. The predicted molar refractivity (Wildman–Crippen MR) is 55.2 cm³/mol. The lowest BCUT2D eigenvalue weighted by molar-refractivity contribution is -0.138. The lowest BCUT2D eigenvalue weighted by Gasteiger charge is -2.18. The second kappa shape index (κ2) is 4.74. The molecule has 1 aromatic rings. The monoisotopic (exact) mass is 233 g/mol. The molecule has 0 radical (unpaired) electrons. The summed E-state index contributed by atoms with van der Waals surface area (Å²) in [6.07, 6.45) is -3.97. The van der Waals surface area contributed by atoms with Crippen molar-refractivity contribution in [2.24, 2.45) is 5.73 Å². The number of aromatic hydroxyl groups is 1. The van der Waals surface area contributed by atoms with Gasteiger partial charge in [0, 0.05) is 0 Å². The van der Waals surface area contributed by atoms with Gasteiger partial charge < -0.3 is 10.8 Å². The molecule has 0 saturated heterocycles. The fraction of sp³-hybridized carbons (Fsp3) is 0.455. The molecule has 1 aromatic carbocycles. The lowest BCUT2D eigenvalue weighted by atomic mass is 9.92. The van der Waals surface area contributed by atoms with Gasteiger partial charge in [-0.1, -0.05) is 13.0 Å². The molecule has 0 aliphatic carbocycles. The van der Waals surface area contributed by atoms with Gasteiger partial charge in [0.05, 0.1) is 5.56 Å². The van der Waals surface area contributed by atoms with Gasteiger partial charge in [0.2, 0.25) is 0 Å². The number of halogens is 3. The fourth-order valence-corrected chi connectivity index (χ4v) is 1.62. The molecule has 1 atom stereocenters. The SMILES string of the molecule is CC(CCN)c1ccc(O)cc1C(F)(F)F. The van der Waals surface area contributed by atoms with Gasteiger partial charge in [-0.25, -0.2) is 0 Å². The van der Waals surface area contributed by atoms with E-state index in [4.69, 9.17) is 10.8 Å². The molecule has 3 N–H and O–H groups in total. The highest BCUT2D eigenvalue weighted by Gasteiger charge is 2.34. The molecular formula is C11H14F3NO. The van der Waals surface area contributed by atoms with Gasteiger partial charge in [0.25, 0.3) is 0 Å². The molecule has 0 spiro atoms. The van der Waals surface area contributed by atoms with Crippen LogP contribution in [0, 0.1) is 0 Å². The van der Waals surface area contributed by atoms with Crippen LogP contribution in [0.25, 0.3) is 0 Å². The summed E-state index contributed by atoms with van der Waals surface area (Å²) in [6, 6.07) is 3.32. The molecule has 0 saturated carbocycles. The molecule has 0 fully saturated rings. The maximum atomic E-state index is 12.7. The Balaban J connectivity index is 3.18. The molecule has 2 nitrogen and oxygen atoms in total. The molecular weight excluding hydrogens is 219 g/mol. The van der Waals surface area contributed by atoms with Crippen molar-refractivity contribution >= 4 is 0 Å². The highest BCUT2D eigenvalue weighted by Crippen LogP contribution is 2.37.